The van der Waals surface area contributed by atoms with Crippen LogP contribution in [0.3, 0.4) is 0 Å². The first-order chi connectivity index (χ1) is 17.2. The molecule has 0 aliphatic heterocycles. The standard InChI is InChI=1S/C25H31ClF5N3O3/c1-4-34-21(17-6-5-16(11-15(3)25(29,30)31)12-18(17)37-23(27)28)19(26)20(33-34)22(35)32-13-24(36)9-7-14(2)8-10-24/h5-6,12,14-15,23,36H,4,7-11,13H2,1-3H3,(H,32,35)/t14?,15-,24?/m1/s1. The van der Waals surface area contributed by atoms with Crippen molar-refractivity contribution in [1.29, 1.82) is 0 Å². The van der Waals surface area contributed by atoms with E-state index >= 15 is 0 Å². The fourth-order valence-electron chi connectivity index (χ4n) is 4.43. The summed E-state index contributed by atoms with van der Waals surface area (Å²) in [5, 5.41) is 17.5. The van der Waals surface area contributed by atoms with E-state index in [1.165, 1.54) is 16.8 Å². The molecule has 1 aliphatic rings. The number of benzene rings is 1. The molecule has 1 atom stereocenters. The zero-order valence-corrected chi connectivity index (χ0v) is 21.6. The lowest BCUT2D eigenvalue weighted by atomic mass is 9.79. The van der Waals surface area contributed by atoms with Gasteiger partial charge in [0.1, 0.15) is 5.75 Å². The third kappa shape index (κ3) is 7.13. The molecule has 1 fully saturated rings. The fraction of sp³-hybridized carbons (Fsp3) is 0.600. The molecule has 0 unspecified atom stereocenters. The van der Waals surface area contributed by atoms with E-state index < -0.39 is 36.6 Å². The topological polar surface area (TPSA) is 76.4 Å². The number of halogens is 6. The Morgan fingerprint density at radius 1 is 1.32 bits per heavy atom. The van der Waals surface area contributed by atoms with Gasteiger partial charge in [0.05, 0.1) is 22.2 Å². The van der Waals surface area contributed by atoms with Crippen LogP contribution in [0.1, 0.15) is 62.5 Å². The Bertz CT molecular complexity index is 1100. The van der Waals surface area contributed by atoms with Gasteiger partial charge in [-0.1, -0.05) is 31.5 Å². The second kappa shape index (κ2) is 11.6. The maximum absolute atomic E-state index is 13.2. The Labute approximate surface area is 217 Å². The molecule has 37 heavy (non-hydrogen) atoms. The molecule has 0 bridgehead atoms. The molecule has 206 valence electrons. The smallest absolute Gasteiger partial charge is 0.391 e. The highest BCUT2D eigenvalue weighted by atomic mass is 35.5. The number of nitrogens with one attached hydrogen (secondary N) is 1. The van der Waals surface area contributed by atoms with Crippen molar-refractivity contribution in [1.82, 2.24) is 15.1 Å². The number of ether oxygens (including phenoxy) is 1. The molecule has 1 saturated carbocycles. The van der Waals surface area contributed by atoms with Gasteiger partial charge in [-0.15, -0.1) is 0 Å². The average molecular weight is 552 g/mol. The van der Waals surface area contributed by atoms with E-state index in [4.69, 9.17) is 11.6 Å². The zero-order valence-electron chi connectivity index (χ0n) is 20.8. The first-order valence-corrected chi connectivity index (χ1v) is 12.5. The fourth-order valence-corrected chi connectivity index (χ4v) is 4.75. The lowest BCUT2D eigenvalue weighted by molar-refractivity contribution is -0.169. The second-order valence-electron chi connectivity index (χ2n) is 9.77. The zero-order chi connectivity index (χ0) is 27.5. The third-order valence-corrected chi connectivity index (χ3v) is 7.17. The van der Waals surface area contributed by atoms with Crippen LogP contribution in [-0.4, -0.2) is 45.7 Å². The SMILES string of the molecule is CCn1nc(C(=O)NCC2(O)CCC(C)CC2)c(Cl)c1-c1ccc(C[C@@H](C)C(F)(F)F)cc1OC(F)F. The number of aromatic nitrogens is 2. The summed E-state index contributed by atoms with van der Waals surface area (Å²) in [5.74, 6) is -2.21. The highest BCUT2D eigenvalue weighted by molar-refractivity contribution is 6.36. The number of hydrogen-bond donors (Lipinski definition) is 2. The van der Waals surface area contributed by atoms with Crippen LogP contribution >= 0.6 is 11.6 Å². The van der Waals surface area contributed by atoms with Crippen LogP contribution in [-0.2, 0) is 13.0 Å². The van der Waals surface area contributed by atoms with Gasteiger partial charge in [-0.25, -0.2) is 0 Å². The predicted octanol–water partition coefficient (Wildman–Crippen LogP) is 6.24. The molecule has 1 aromatic carbocycles. The summed E-state index contributed by atoms with van der Waals surface area (Å²) in [6, 6.07) is 3.82. The van der Waals surface area contributed by atoms with E-state index in [0.717, 1.165) is 25.8 Å². The molecule has 12 heteroatoms. The molecule has 3 rings (SSSR count). The molecule has 2 aromatic rings. The molecular formula is C25H31ClF5N3O3. The van der Waals surface area contributed by atoms with Crippen molar-refractivity contribution in [2.45, 2.75) is 77.8 Å². The van der Waals surface area contributed by atoms with Crippen LogP contribution in [0.15, 0.2) is 18.2 Å². The summed E-state index contributed by atoms with van der Waals surface area (Å²) in [7, 11) is 0. The monoisotopic (exact) mass is 551 g/mol. The maximum atomic E-state index is 13.2. The van der Waals surface area contributed by atoms with Gasteiger partial charge in [-0.3, -0.25) is 9.48 Å². The first-order valence-electron chi connectivity index (χ1n) is 12.2. The first kappa shape index (κ1) is 29.2. The molecule has 0 saturated heterocycles. The Hall–Kier alpha value is -2.40. The average Bonchev–Trinajstić information content (AvgIpc) is 3.15. The van der Waals surface area contributed by atoms with Crippen molar-refractivity contribution < 1.29 is 36.6 Å². The summed E-state index contributed by atoms with van der Waals surface area (Å²) in [4.78, 5) is 12.9. The van der Waals surface area contributed by atoms with E-state index in [9.17, 15) is 31.9 Å². The lowest BCUT2D eigenvalue weighted by Crippen LogP contribution is -2.45. The number of carbonyl (C=O) groups is 1. The Morgan fingerprint density at radius 2 is 1.97 bits per heavy atom. The summed E-state index contributed by atoms with van der Waals surface area (Å²) in [6.45, 7) is 1.78. The number of aliphatic hydroxyl groups is 1. The summed E-state index contributed by atoms with van der Waals surface area (Å²) >= 11 is 6.51. The molecular weight excluding hydrogens is 521 g/mol. The van der Waals surface area contributed by atoms with E-state index in [1.54, 1.807) is 6.92 Å². The van der Waals surface area contributed by atoms with Crippen LogP contribution in [0.2, 0.25) is 5.02 Å². The summed E-state index contributed by atoms with van der Waals surface area (Å²) in [6.07, 6.45) is -2.11. The third-order valence-electron chi connectivity index (χ3n) is 6.81. The van der Waals surface area contributed by atoms with Crippen molar-refractivity contribution in [3.8, 4) is 17.0 Å². The Balaban J connectivity index is 1.91. The van der Waals surface area contributed by atoms with Crippen molar-refractivity contribution in [3.63, 3.8) is 0 Å². The number of alkyl halides is 5. The van der Waals surface area contributed by atoms with Gasteiger partial charge in [0.2, 0.25) is 0 Å². The van der Waals surface area contributed by atoms with Crippen LogP contribution in [0, 0.1) is 11.8 Å². The van der Waals surface area contributed by atoms with Crippen LogP contribution < -0.4 is 10.1 Å². The normalized spacial score (nSPS) is 21.2. The van der Waals surface area contributed by atoms with Gasteiger partial charge in [0.25, 0.3) is 5.91 Å². The van der Waals surface area contributed by atoms with Crippen molar-refractivity contribution in [3.05, 3.63) is 34.5 Å². The molecule has 1 heterocycles. The molecule has 0 radical (unpaired) electrons. The van der Waals surface area contributed by atoms with Crippen molar-refractivity contribution >= 4 is 17.5 Å². The van der Waals surface area contributed by atoms with E-state index in [-0.39, 0.29) is 46.4 Å². The van der Waals surface area contributed by atoms with Gasteiger partial charge in [0.15, 0.2) is 5.69 Å². The quantitative estimate of drug-likeness (QED) is 0.362. The van der Waals surface area contributed by atoms with Crippen molar-refractivity contribution in [2.75, 3.05) is 6.54 Å². The summed E-state index contributed by atoms with van der Waals surface area (Å²) < 4.78 is 71.4. The second-order valence-corrected chi connectivity index (χ2v) is 10.2. The largest absolute Gasteiger partial charge is 0.434 e. The maximum Gasteiger partial charge on any atom is 0.391 e. The van der Waals surface area contributed by atoms with Crippen LogP contribution in [0.25, 0.3) is 11.3 Å². The molecule has 6 nitrogen and oxygen atoms in total. The van der Waals surface area contributed by atoms with Gasteiger partial charge in [0, 0.05) is 18.7 Å². The van der Waals surface area contributed by atoms with E-state index in [2.05, 4.69) is 22.1 Å². The predicted molar refractivity (Wildman–Crippen MR) is 129 cm³/mol. The Kier molecular flexibility index (Phi) is 9.10. The molecule has 1 aromatic heterocycles. The van der Waals surface area contributed by atoms with E-state index in [1.807, 2.05) is 0 Å². The van der Waals surface area contributed by atoms with Gasteiger partial charge in [-0.2, -0.15) is 27.1 Å². The van der Waals surface area contributed by atoms with Crippen LogP contribution in [0.4, 0.5) is 22.0 Å². The minimum Gasteiger partial charge on any atom is -0.434 e. The van der Waals surface area contributed by atoms with Crippen molar-refractivity contribution in [2.24, 2.45) is 11.8 Å². The number of aryl methyl sites for hydroxylation is 1. The number of nitrogens with zero attached hydrogens (tertiary/aromatic N) is 2. The minimum absolute atomic E-state index is 0.00896. The molecule has 0 spiro atoms. The van der Waals surface area contributed by atoms with E-state index in [0.29, 0.717) is 18.8 Å². The number of amides is 1. The van der Waals surface area contributed by atoms with Gasteiger partial charge >= 0.3 is 12.8 Å². The minimum atomic E-state index is -4.45. The van der Waals surface area contributed by atoms with Crippen LogP contribution in [0.5, 0.6) is 5.75 Å². The number of rotatable bonds is 9. The Morgan fingerprint density at radius 3 is 2.54 bits per heavy atom. The van der Waals surface area contributed by atoms with Gasteiger partial charge in [-0.05, 0) is 62.6 Å². The summed E-state index contributed by atoms with van der Waals surface area (Å²) in [5.41, 5.74) is -0.875. The van der Waals surface area contributed by atoms with Gasteiger partial charge < -0.3 is 15.2 Å². The lowest BCUT2D eigenvalue weighted by Gasteiger charge is -2.34. The highest BCUT2D eigenvalue weighted by Gasteiger charge is 2.36. The highest BCUT2D eigenvalue weighted by Crippen LogP contribution is 2.39. The number of hydrogen-bond acceptors (Lipinski definition) is 4. The molecule has 1 amide bonds. The molecule has 1 aliphatic carbocycles. The number of carbonyl (C=O) groups excluding carboxylic acids is 1. The molecule has 2 N–H and O–H groups in total.